The number of carbonyl (C=O) groups excluding carboxylic acids is 1. The van der Waals surface area contributed by atoms with Gasteiger partial charge in [0.05, 0.1) is 34.4 Å². The topological polar surface area (TPSA) is 94.1 Å². The fourth-order valence-electron chi connectivity index (χ4n) is 4.63. The number of likely N-dealkylation sites (N-methyl/N-ethyl adjacent to an activating group) is 1. The first-order valence-corrected chi connectivity index (χ1v) is 20.5. The highest BCUT2D eigenvalue weighted by Crippen LogP contribution is 2.38. The van der Waals surface area contributed by atoms with E-state index in [2.05, 4.69) is 74.6 Å². The highest BCUT2D eigenvalue weighted by molar-refractivity contribution is 7.45. The minimum absolute atomic E-state index is 0.0202. The second kappa shape index (κ2) is 33.3. The van der Waals surface area contributed by atoms with E-state index in [0.717, 1.165) is 89.9 Å². The second-order valence-corrected chi connectivity index (χ2v) is 15.0. The summed E-state index contributed by atoms with van der Waals surface area (Å²) in [4.78, 5) is 24.6. The van der Waals surface area contributed by atoms with Gasteiger partial charge >= 0.3 is 5.97 Å². The van der Waals surface area contributed by atoms with Crippen LogP contribution in [0.5, 0.6) is 0 Å². The lowest BCUT2D eigenvalue weighted by atomic mass is 10.1. The zero-order valence-electron chi connectivity index (χ0n) is 31.9. The number of nitrogens with zero attached hydrogens (tertiary/aromatic N) is 1. The van der Waals surface area contributed by atoms with Gasteiger partial charge in [0, 0.05) is 13.0 Å². The second-order valence-electron chi connectivity index (χ2n) is 13.6. The smallest absolute Gasteiger partial charge is 0.306 e. The van der Waals surface area contributed by atoms with E-state index in [9.17, 15) is 14.3 Å². The first-order valence-electron chi connectivity index (χ1n) is 19.0. The van der Waals surface area contributed by atoms with Gasteiger partial charge in [0.15, 0.2) is 0 Å². The first-order chi connectivity index (χ1) is 23.6. The molecule has 2 unspecified atom stereocenters. The number of carbonyl (C=O) groups is 1. The number of hydrogen-bond acceptors (Lipinski definition) is 7. The minimum atomic E-state index is -4.51. The van der Waals surface area contributed by atoms with Crippen LogP contribution in [0.1, 0.15) is 129 Å². The Labute approximate surface area is 300 Å². The molecule has 0 aliphatic heterocycles. The maximum absolute atomic E-state index is 12.4. The van der Waals surface area contributed by atoms with Crippen LogP contribution in [0.4, 0.5) is 0 Å². The number of quaternary nitrogens is 1. The summed E-state index contributed by atoms with van der Waals surface area (Å²) < 4.78 is 34.2. The lowest BCUT2D eigenvalue weighted by Crippen LogP contribution is -2.37. The van der Waals surface area contributed by atoms with E-state index in [1.165, 1.54) is 19.3 Å². The molecular formula is C40H72NO7P. The predicted molar refractivity (Wildman–Crippen MR) is 203 cm³/mol. The molecule has 0 bridgehead atoms. The molecule has 49 heavy (non-hydrogen) atoms. The van der Waals surface area contributed by atoms with Gasteiger partial charge in [-0.15, -0.1) is 0 Å². The molecule has 0 aliphatic carbocycles. The van der Waals surface area contributed by atoms with E-state index in [-0.39, 0.29) is 25.8 Å². The number of unbranched alkanes of at least 4 members (excludes halogenated alkanes) is 10. The van der Waals surface area contributed by atoms with Gasteiger partial charge in [-0.3, -0.25) is 9.36 Å². The van der Waals surface area contributed by atoms with Crippen molar-refractivity contribution in [3.8, 4) is 0 Å². The van der Waals surface area contributed by atoms with Gasteiger partial charge in [-0.2, -0.15) is 0 Å². The number of hydrogen-bond donors (Lipinski definition) is 0. The third kappa shape index (κ3) is 37.3. The van der Waals surface area contributed by atoms with E-state index in [0.29, 0.717) is 24.1 Å². The summed E-state index contributed by atoms with van der Waals surface area (Å²) in [6.45, 7) is 5.14. The summed E-state index contributed by atoms with van der Waals surface area (Å²) in [5, 5.41) is 0. The van der Waals surface area contributed by atoms with Crippen molar-refractivity contribution in [2.75, 3.05) is 54.1 Å². The molecule has 0 aromatic rings. The molecular weight excluding hydrogens is 637 g/mol. The van der Waals surface area contributed by atoms with Crippen molar-refractivity contribution in [2.24, 2.45) is 0 Å². The molecule has 0 aromatic heterocycles. The Morgan fingerprint density at radius 3 is 1.78 bits per heavy atom. The lowest BCUT2D eigenvalue weighted by Gasteiger charge is -2.28. The van der Waals surface area contributed by atoms with E-state index in [4.69, 9.17) is 18.5 Å². The van der Waals surface area contributed by atoms with Crippen LogP contribution in [-0.4, -0.2) is 70.7 Å². The Bertz CT molecular complexity index is 968. The average molecular weight is 710 g/mol. The number of ether oxygens (including phenoxy) is 2. The molecule has 0 heterocycles. The minimum Gasteiger partial charge on any atom is -0.756 e. The Morgan fingerprint density at radius 2 is 1.18 bits per heavy atom. The molecule has 0 fully saturated rings. The molecule has 0 N–H and O–H groups in total. The summed E-state index contributed by atoms with van der Waals surface area (Å²) in [5.74, 6) is -0.357. The number of phosphoric ester groups is 1. The average Bonchev–Trinajstić information content (AvgIpc) is 3.04. The molecule has 0 aromatic carbocycles. The molecule has 0 rings (SSSR count). The van der Waals surface area contributed by atoms with Gasteiger partial charge in [-0.05, 0) is 57.8 Å². The SMILES string of the molecule is CC/C=C\C/C=C\C/C=C\C/C=C\C/C=C\CCCCCCCCOCC(COP(=O)([O-])OCC[N+](C)(C)C)OC(=O)CCCCCCC. The van der Waals surface area contributed by atoms with Crippen molar-refractivity contribution in [3.63, 3.8) is 0 Å². The highest BCUT2D eigenvalue weighted by Gasteiger charge is 2.20. The third-order valence-corrected chi connectivity index (χ3v) is 8.55. The van der Waals surface area contributed by atoms with Crippen molar-refractivity contribution in [1.82, 2.24) is 0 Å². The lowest BCUT2D eigenvalue weighted by molar-refractivity contribution is -0.870. The van der Waals surface area contributed by atoms with Crippen LogP contribution < -0.4 is 4.89 Å². The standard InChI is InChI=1S/C40H72NO7P/c1-6-8-10-12-13-14-15-16-17-18-19-20-21-22-23-24-25-26-27-28-30-32-35-45-37-39(48-40(42)33-31-29-11-9-7-2)38-47-49(43,44)46-36-34-41(3,4)5/h8,10,13-14,16-17,19-20,22-23,39H,6-7,9,11-12,15,18,21,24-38H2,1-5H3/b10-8-,14-13-,17-16-,20-19-,23-22-. The molecule has 0 aliphatic rings. The van der Waals surface area contributed by atoms with E-state index in [1.54, 1.807) is 0 Å². The van der Waals surface area contributed by atoms with E-state index in [1.807, 2.05) is 21.1 Å². The van der Waals surface area contributed by atoms with Crippen LogP contribution >= 0.6 is 7.82 Å². The summed E-state index contributed by atoms with van der Waals surface area (Å²) in [6, 6.07) is 0. The summed E-state index contributed by atoms with van der Waals surface area (Å²) >= 11 is 0. The Kier molecular flexibility index (Phi) is 32.1. The van der Waals surface area contributed by atoms with Gasteiger partial charge < -0.3 is 27.9 Å². The molecule has 8 nitrogen and oxygen atoms in total. The van der Waals surface area contributed by atoms with Crippen molar-refractivity contribution < 1.29 is 37.3 Å². The molecule has 0 radical (unpaired) electrons. The third-order valence-electron chi connectivity index (χ3n) is 7.58. The summed E-state index contributed by atoms with van der Waals surface area (Å²) in [7, 11) is 1.33. The van der Waals surface area contributed by atoms with Crippen LogP contribution in [0, 0.1) is 0 Å². The quantitative estimate of drug-likeness (QED) is 0.0216. The van der Waals surface area contributed by atoms with Crippen LogP contribution in [0.2, 0.25) is 0 Å². The van der Waals surface area contributed by atoms with Crippen molar-refractivity contribution in [2.45, 2.75) is 136 Å². The largest absolute Gasteiger partial charge is 0.756 e. The highest BCUT2D eigenvalue weighted by atomic mass is 31.2. The van der Waals surface area contributed by atoms with Gasteiger partial charge in [0.1, 0.15) is 19.3 Å². The molecule has 0 saturated heterocycles. The normalized spacial score (nSPS) is 14.7. The molecule has 0 saturated carbocycles. The van der Waals surface area contributed by atoms with Gasteiger partial charge in [0.2, 0.25) is 0 Å². The number of allylic oxidation sites excluding steroid dienone is 10. The number of esters is 1. The van der Waals surface area contributed by atoms with Crippen LogP contribution in [0.3, 0.4) is 0 Å². The van der Waals surface area contributed by atoms with E-state index < -0.39 is 13.9 Å². The Morgan fingerprint density at radius 1 is 0.653 bits per heavy atom. The zero-order chi connectivity index (χ0) is 36.3. The Balaban J connectivity index is 4.11. The molecule has 284 valence electrons. The van der Waals surface area contributed by atoms with Crippen LogP contribution in [0.15, 0.2) is 60.8 Å². The molecule has 0 amide bonds. The maximum atomic E-state index is 12.4. The molecule has 9 heteroatoms. The predicted octanol–water partition coefficient (Wildman–Crippen LogP) is 9.97. The Hall–Kier alpha value is -1.80. The maximum Gasteiger partial charge on any atom is 0.306 e. The van der Waals surface area contributed by atoms with Gasteiger partial charge in [-0.25, -0.2) is 0 Å². The van der Waals surface area contributed by atoms with Crippen molar-refractivity contribution in [1.29, 1.82) is 0 Å². The number of rotatable bonds is 34. The summed E-state index contributed by atoms with van der Waals surface area (Å²) in [5.41, 5.74) is 0. The summed E-state index contributed by atoms with van der Waals surface area (Å²) in [6.07, 6.45) is 39.9. The fourth-order valence-corrected chi connectivity index (χ4v) is 5.36. The zero-order valence-corrected chi connectivity index (χ0v) is 32.8. The fraction of sp³-hybridized carbons (Fsp3) is 0.725. The van der Waals surface area contributed by atoms with Crippen LogP contribution in [0.25, 0.3) is 0 Å². The van der Waals surface area contributed by atoms with Crippen LogP contribution in [-0.2, 0) is 27.9 Å². The first kappa shape index (κ1) is 47.2. The van der Waals surface area contributed by atoms with E-state index >= 15 is 0 Å². The number of phosphoric acid groups is 1. The van der Waals surface area contributed by atoms with Crippen molar-refractivity contribution in [3.05, 3.63) is 60.8 Å². The van der Waals surface area contributed by atoms with Gasteiger partial charge in [-0.1, -0.05) is 126 Å². The van der Waals surface area contributed by atoms with Crippen molar-refractivity contribution >= 4 is 13.8 Å². The van der Waals surface area contributed by atoms with Gasteiger partial charge in [0.25, 0.3) is 7.82 Å². The molecule has 0 spiro atoms. The molecule has 2 atom stereocenters. The monoisotopic (exact) mass is 710 g/mol.